The molecule has 2 aliphatic heterocycles. The molecule has 12 heteroatoms. The Labute approximate surface area is 217 Å². The number of methoxy groups -OCH3 is 1. The van der Waals surface area contributed by atoms with Crippen LogP contribution in [0.5, 0.6) is 5.75 Å². The number of aromatic nitrogens is 1. The quantitative estimate of drug-likeness (QED) is 0.404. The minimum atomic E-state index is -1.14. The van der Waals surface area contributed by atoms with Crippen molar-refractivity contribution in [1.82, 2.24) is 20.5 Å². The zero-order chi connectivity index (χ0) is 27.1. The highest BCUT2D eigenvalue weighted by Crippen LogP contribution is 2.43. The molecule has 0 spiro atoms. The van der Waals surface area contributed by atoms with Crippen LogP contribution >= 0.6 is 0 Å². The van der Waals surface area contributed by atoms with Crippen LogP contribution in [0.3, 0.4) is 0 Å². The zero-order valence-corrected chi connectivity index (χ0v) is 20.9. The molecule has 0 radical (unpaired) electrons. The number of likely N-dealkylation sites (tertiary alicyclic amines) is 1. The Kier molecular flexibility index (Phi) is 7.08. The fourth-order valence-electron chi connectivity index (χ4n) is 6.28. The van der Waals surface area contributed by atoms with Crippen molar-refractivity contribution in [1.29, 1.82) is 0 Å². The number of aromatic amines is 1. The molecule has 3 heterocycles. The minimum Gasteiger partial charge on any atom is -0.496 e. The topological polar surface area (TPSA) is 141 Å². The molecule has 10 nitrogen and oxygen atoms in total. The van der Waals surface area contributed by atoms with Crippen LogP contribution in [0, 0.1) is 29.4 Å². The van der Waals surface area contributed by atoms with E-state index in [0.29, 0.717) is 19.5 Å². The molecule has 1 aromatic carbocycles. The minimum absolute atomic E-state index is 0.0221. The van der Waals surface area contributed by atoms with Crippen LogP contribution in [0.1, 0.15) is 42.6 Å². The number of amides is 3. The Bertz CT molecular complexity index is 1300. The molecular weight excluding hydrogens is 502 g/mol. The van der Waals surface area contributed by atoms with Crippen molar-refractivity contribution in [2.24, 2.45) is 17.8 Å². The van der Waals surface area contributed by atoms with Crippen LogP contribution in [-0.2, 0) is 14.4 Å². The number of hydrogen-bond acceptors (Lipinski definition) is 6. The summed E-state index contributed by atoms with van der Waals surface area (Å²) in [5, 5.41) is 15.1. The van der Waals surface area contributed by atoms with Gasteiger partial charge in [-0.15, -0.1) is 0 Å². The Morgan fingerprint density at radius 3 is 2.71 bits per heavy atom. The largest absolute Gasteiger partial charge is 0.496 e. The first-order valence-electron chi connectivity index (χ1n) is 12.8. The highest BCUT2D eigenvalue weighted by atomic mass is 19.2. The van der Waals surface area contributed by atoms with Gasteiger partial charge in [-0.05, 0) is 43.6 Å². The zero-order valence-electron chi connectivity index (χ0n) is 20.9. The van der Waals surface area contributed by atoms with Crippen molar-refractivity contribution in [3.05, 3.63) is 29.5 Å². The first kappa shape index (κ1) is 26.1. The number of ether oxygens (including phenoxy) is 1. The van der Waals surface area contributed by atoms with Gasteiger partial charge in [0.1, 0.15) is 24.1 Å². The second-order valence-electron chi connectivity index (χ2n) is 10.3. The van der Waals surface area contributed by atoms with Gasteiger partial charge in [-0.3, -0.25) is 19.2 Å². The third-order valence-electron chi connectivity index (χ3n) is 8.18. The highest BCUT2D eigenvalue weighted by Gasteiger charge is 2.50. The smallest absolute Gasteiger partial charge is 0.271 e. The van der Waals surface area contributed by atoms with E-state index in [9.17, 15) is 33.1 Å². The van der Waals surface area contributed by atoms with E-state index in [0.717, 1.165) is 25.3 Å². The van der Waals surface area contributed by atoms with Crippen molar-refractivity contribution in [3.8, 4) is 5.75 Å². The number of halogens is 2. The molecule has 2 aromatic rings. The first-order chi connectivity index (χ1) is 18.2. The summed E-state index contributed by atoms with van der Waals surface area (Å²) in [5.74, 6) is -4.65. The fraction of sp³-hybridized carbons (Fsp3) is 0.538. The van der Waals surface area contributed by atoms with E-state index in [1.165, 1.54) is 18.1 Å². The monoisotopic (exact) mass is 532 g/mol. The molecule has 3 fully saturated rings. The number of H-pyrrole nitrogens is 1. The van der Waals surface area contributed by atoms with Crippen LogP contribution in [-0.4, -0.2) is 77.4 Å². The molecule has 2 saturated heterocycles. The van der Waals surface area contributed by atoms with Crippen molar-refractivity contribution >= 4 is 34.4 Å². The number of nitrogens with one attached hydrogen (secondary N) is 3. The van der Waals surface area contributed by atoms with Gasteiger partial charge in [0.25, 0.3) is 5.91 Å². The second-order valence-corrected chi connectivity index (χ2v) is 10.3. The molecule has 5 rings (SSSR count). The maximum absolute atomic E-state index is 14.5. The molecular formula is C26H30F2N4O6. The Morgan fingerprint density at radius 2 is 2.03 bits per heavy atom. The van der Waals surface area contributed by atoms with E-state index in [1.54, 1.807) is 0 Å². The van der Waals surface area contributed by atoms with Gasteiger partial charge < -0.3 is 30.4 Å². The van der Waals surface area contributed by atoms with Gasteiger partial charge in [0.15, 0.2) is 17.4 Å². The Hall–Kier alpha value is -3.54. The maximum Gasteiger partial charge on any atom is 0.271 e. The lowest BCUT2D eigenvalue weighted by molar-refractivity contribution is -0.133. The number of rotatable bonds is 8. The van der Waals surface area contributed by atoms with E-state index < -0.39 is 53.8 Å². The van der Waals surface area contributed by atoms with Gasteiger partial charge in [0.05, 0.1) is 18.7 Å². The summed E-state index contributed by atoms with van der Waals surface area (Å²) in [7, 11) is 1.31. The summed E-state index contributed by atoms with van der Waals surface area (Å²) in [5.41, 5.74) is -0.236. The van der Waals surface area contributed by atoms with Crippen molar-refractivity contribution in [3.63, 3.8) is 0 Å². The van der Waals surface area contributed by atoms with Gasteiger partial charge in [0.2, 0.25) is 11.8 Å². The molecule has 0 unspecified atom stereocenters. The lowest BCUT2D eigenvalue weighted by Gasteiger charge is -2.29. The van der Waals surface area contributed by atoms with E-state index in [1.807, 2.05) is 0 Å². The van der Waals surface area contributed by atoms with Crippen molar-refractivity contribution in [2.45, 2.75) is 44.2 Å². The molecule has 1 aliphatic carbocycles. The number of nitrogens with zero attached hydrogens (tertiary/aromatic N) is 1. The van der Waals surface area contributed by atoms with E-state index >= 15 is 0 Å². The molecule has 1 saturated carbocycles. The maximum atomic E-state index is 14.5. The third kappa shape index (κ3) is 4.50. The number of ketones is 1. The van der Waals surface area contributed by atoms with Gasteiger partial charge in [-0.25, -0.2) is 8.78 Å². The lowest BCUT2D eigenvalue weighted by atomic mass is 9.92. The normalized spacial score (nSPS) is 25.4. The number of hydrogen-bond donors (Lipinski definition) is 4. The van der Waals surface area contributed by atoms with E-state index in [2.05, 4.69) is 15.6 Å². The SMILES string of the molecule is COc1cc(F)c(F)c2[nH]c(C(=O)N3C[C@@H]4CCC[C@@H]4[C@H]3C(=O)N[C@@H](C[C@@H]3CCNC3=O)C(=O)CO)cc12. The van der Waals surface area contributed by atoms with Crippen LogP contribution in [0.15, 0.2) is 12.1 Å². The van der Waals surface area contributed by atoms with Crippen molar-refractivity contribution in [2.75, 3.05) is 26.8 Å². The molecule has 5 atom stereocenters. The highest BCUT2D eigenvalue weighted by molar-refractivity contribution is 6.02. The van der Waals surface area contributed by atoms with Gasteiger partial charge in [0, 0.05) is 30.5 Å². The molecule has 3 amide bonds. The Morgan fingerprint density at radius 1 is 1.24 bits per heavy atom. The second kappa shape index (κ2) is 10.3. The number of benzene rings is 1. The predicted octanol–water partition coefficient (Wildman–Crippen LogP) is 1.27. The standard InChI is InChI=1S/C26H30F2N4O6/c1-38-20-9-16(27)21(28)22-15(20)8-18(30-22)26(37)32-10-13-3-2-4-14(13)23(32)25(36)31-17(19(34)11-33)7-12-5-6-29-24(12)35/h8-9,12-14,17,23,30,33H,2-7,10-11H2,1H3,(H,29,35)(H,31,36)/t12-,13-,14-,17-,23-/m0/s1. The molecule has 38 heavy (non-hydrogen) atoms. The fourth-order valence-corrected chi connectivity index (χ4v) is 6.28. The molecule has 3 aliphatic rings. The van der Waals surface area contributed by atoms with Crippen molar-refractivity contribution < 1.29 is 37.8 Å². The molecule has 204 valence electrons. The number of aliphatic hydroxyl groups excluding tert-OH is 1. The predicted molar refractivity (Wildman–Crippen MR) is 130 cm³/mol. The van der Waals surface area contributed by atoms with Crippen LogP contribution in [0.4, 0.5) is 8.78 Å². The summed E-state index contributed by atoms with van der Waals surface area (Å²) < 4.78 is 33.6. The third-order valence-corrected chi connectivity index (χ3v) is 8.18. The number of aliphatic hydroxyl groups is 1. The summed E-state index contributed by atoms with van der Waals surface area (Å²) in [4.78, 5) is 55.9. The van der Waals surface area contributed by atoms with Gasteiger partial charge in [-0.1, -0.05) is 6.42 Å². The lowest BCUT2D eigenvalue weighted by Crippen LogP contribution is -2.53. The summed E-state index contributed by atoms with van der Waals surface area (Å²) in [6.07, 6.45) is 3.02. The number of fused-ring (bicyclic) bond motifs is 2. The van der Waals surface area contributed by atoms with Crippen LogP contribution in [0.25, 0.3) is 10.9 Å². The summed E-state index contributed by atoms with van der Waals surface area (Å²) in [6.45, 7) is -0.0157. The number of carbonyl (C=O) groups is 4. The molecule has 0 bridgehead atoms. The summed E-state index contributed by atoms with van der Waals surface area (Å²) >= 11 is 0. The summed E-state index contributed by atoms with van der Waals surface area (Å²) in [6, 6.07) is 0.308. The molecule has 1 aromatic heterocycles. The number of carbonyl (C=O) groups excluding carboxylic acids is 4. The van der Waals surface area contributed by atoms with Gasteiger partial charge >= 0.3 is 0 Å². The van der Waals surface area contributed by atoms with E-state index in [-0.39, 0.29) is 46.5 Å². The Balaban J connectivity index is 1.42. The van der Waals surface area contributed by atoms with Gasteiger partial charge in [-0.2, -0.15) is 0 Å². The molecule has 4 N–H and O–H groups in total. The average Bonchev–Trinajstić information content (AvgIpc) is 3.69. The average molecular weight is 533 g/mol. The van der Waals surface area contributed by atoms with Crippen LogP contribution < -0.4 is 15.4 Å². The first-order valence-corrected chi connectivity index (χ1v) is 12.8. The van der Waals surface area contributed by atoms with Crippen LogP contribution in [0.2, 0.25) is 0 Å². The number of Topliss-reactive ketones (excluding diaryl/α,β-unsaturated/α-hetero) is 1. The van der Waals surface area contributed by atoms with E-state index in [4.69, 9.17) is 4.74 Å².